The van der Waals surface area contributed by atoms with Gasteiger partial charge in [0.1, 0.15) is 0 Å². The molecular formula is C14H21N3O2S. The van der Waals surface area contributed by atoms with E-state index < -0.39 is 0 Å². The van der Waals surface area contributed by atoms with Gasteiger partial charge in [-0.3, -0.25) is 14.2 Å². The fourth-order valence-electron chi connectivity index (χ4n) is 2.22. The van der Waals surface area contributed by atoms with Crippen molar-refractivity contribution in [3.05, 3.63) is 22.1 Å². The van der Waals surface area contributed by atoms with Crippen LogP contribution in [0.2, 0.25) is 0 Å². The third-order valence-electron chi connectivity index (χ3n) is 3.38. The van der Waals surface area contributed by atoms with Crippen LogP contribution in [0, 0.1) is 0 Å². The topological polar surface area (TPSA) is 64.0 Å². The molecule has 2 heterocycles. The van der Waals surface area contributed by atoms with Crippen LogP contribution < -0.4 is 10.9 Å². The Hall–Kier alpha value is -1.30. The van der Waals surface area contributed by atoms with E-state index in [4.69, 9.17) is 0 Å². The lowest BCUT2D eigenvalue weighted by Gasteiger charge is -2.13. The van der Waals surface area contributed by atoms with Crippen molar-refractivity contribution >= 4 is 17.7 Å². The number of nitrogens with one attached hydrogen (secondary N) is 1. The summed E-state index contributed by atoms with van der Waals surface area (Å²) in [5.41, 5.74) is 0.782. The smallest absolute Gasteiger partial charge is 0.254 e. The van der Waals surface area contributed by atoms with Crippen LogP contribution in [-0.4, -0.2) is 27.8 Å². The SMILES string of the molecule is CCCCNC(=O)CC1CSc2nc(CC)cc(=O)n21. The number of rotatable bonds is 6. The normalized spacial score (nSPS) is 17.0. The molecule has 1 aliphatic heterocycles. The van der Waals surface area contributed by atoms with Crippen LogP contribution in [0.25, 0.3) is 0 Å². The highest BCUT2D eigenvalue weighted by Crippen LogP contribution is 2.31. The van der Waals surface area contributed by atoms with Gasteiger partial charge >= 0.3 is 0 Å². The average Bonchev–Trinajstić information content (AvgIpc) is 2.82. The lowest BCUT2D eigenvalue weighted by molar-refractivity contribution is -0.121. The van der Waals surface area contributed by atoms with E-state index in [-0.39, 0.29) is 17.5 Å². The number of hydrogen-bond acceptors (Lipinski definition) is 4. The molecule has 1 unspecified atom stereocenters. The first-order chi connectivity index (χ1) is 9.65. The lowest BCUT2D eigenvalue weighted by Crippen LogP contribution is -2.31. The summed E-state index contributed by atoms with van der Waals surface area (Å²) in [6, 6.07) is 1.51. The molecule has 20 heavy (non-hydrogen) atoms. The van der Waals surface area contributed by atoms with Crippen molar-refractivity contribution < 1.29 is 4.79 Å². The van der Waals surface area contributed by atoms with Gasteiger partial charge in [0.25, 0.3) is 5.56 Å². The Morgan fingerprint density at radius 2 is 2.35 bits per heavy atom. The molecule has 0 saturated heterocycles. The van der Waals surface area contributed by atoms with Gasteiger partial charge in [-0.05, 0) is 12.8 Å². The number of nitrogens with zero attached hydrogens (tertiary/aromatic N) is 2. The highest BCUT2D eigenvalue weighted by atomic mass is 32.2. The number of aryl methyl sites for hydroxylation is 1. The van der Waals surface area contributed by atoms with E-state index in [0.717, 1.165) is 35.9 Å². The maximum Gasteiger partial charge on any atom is 0.254 e. The number of aromatic nitrogens is 2. The number of thioether (sulfide) groups is 1. The largest absolute Gasteiger partial charge is 0.356 e. The molecule has 6 heteroatoms. The van der Waals surface area contributed by atoms with Crippen LogP contribution in [0.3, 0.4) is 0 Å². The molecule has 1 aromatic rings. The zero-order chi connectivity index (χ0) is 14.5. The van der Waals surface area contributed by atoms with Gasteiger partial charge in [-0.25, -0.2) is 4.98 Å². The highest BCUT2D eigenvalue weighted by molar-refractivity contribution is 7.99. The van der Waals surface area contributed by atoms with Gasteiger partial charge in [0, 0.05) is 30.5 Å². The summed E-state index contributed by atoms with van der Waals surface area (Å²) in [4.78, 5) is 28.4. The molecule has 2 rings (SSSR count). The average molecular weight is 295 g/mol. The van der Waals surface area contributed by atoms with Crippen molar-refractivity contribution in [2.75, 3.05) is 12.3 Å². The Kier molecular flexibility index (Phi) is 5.23. The Bertz CT molecular complexity index is 542. The van der Waals surface area contributed by atoms with Crippen molar-refractivity contribution in [1.82, 2.24) is 14.9 Å². The molecule has 1 aliphatic rings. The molecule has 1 aromatic heterocycles. The molecule has 0 saturated carbocycles. The van der Waals surface area contributed by atoms with Crippen LogP contribution in [0.5, 0.6) is 0 Å². The third kappa shape index (κ3) is 3.42. The number of hydrogen-bond donors (Lipinski definition) is 1. The van der Waals surface area contributed by atoms with E-state index >= 15 is 0 Å². The van der Waals surface area contributed by atoms with Gasteiger partial charge in [-0.15, -0.1) is 0 Å². The number of fused-ring (bicyclic) bond motifs is 1. The van der Waals surface area contributed by atoms with Crippen molar-refractivity contribution in [2.24, 2.45) is 0 Å². The minimum absolute atomic E-state index is 0.0170. The van der Waals surface area contributed by atoms with Gasteiger partial charge in [-0.2, -0.15) is 0 Å². The third-order valence-corrected chi connectivity index (χ3v) is 4.48. The second kappa shape index (κ2) is 6.92. The van der Waals surface area contributed by atoms with E-state index in [0.29, 0.717) is 13.0 Å². The van der Waals surface area contributed by atoms with E-state index in [2.05, 4.69) is 17.2 Å². The second-order valence-corrected chi connectivity index (χ2v) is 5.95. The summed E-state index contributed by atoms with van der Waals surface area (Å²) in [6.45, 7) is 4.79. The van der Waals surface area contributed by atoms with Crippen molar-refractivity contribution in [3.63, 3.8) is 0 Å². The molecular weight excluding hydrogens is 274 g/mol. The zero-order valence-corrected chi connectivity index (χ0v) is 12.8. The van der Waals surface area contributed by atoms with Gasteiger partial charge in [-0.1, -0.05) is 32.0 Å². The van der Waals surface area contributed by atoms with Crippen molar-refractivity contribution in [2.45, 2.75) is 50.7 Å². The van der Waals surface area contributed by atoms with Crippen LogP contribution >= 0.6 is 11.8 Å². The Labute approximate surface area is 123 Å². The van der Waals surface area contributed by atoms with Crippen molar-refractivity contribution in [1.29, 1.82) is 0 Å². The molecule has 110 valence electrons. The van der Waals surface area contributed by atoms with E-state index in [1.54, 1.807) is 22.4 Å². The Morgan fingerprint density at radius 3 is 3.05 bits per heavy atom. The standard InChI is InChI=1S/C14H21N3O2S/c1-3-5-6-15-12(18)8-11-9-20-14-16-10(4-2)7-13(19)17(11)14/h7,11H,3-6,8-9H2,1-2H3,(H,15,18). The van der Waals surface area contributed by atoms with Gasteiger partial charge < -0.3 is 5.32 Å². The fourth-order valence-corrected chi connectivity index (χ4v) is 3.39. The molecule has 0 aromatic carbocycles. The predicted molar refractivity (Wildman–Crippen MR) is 80.2 cm³/mol. The summed E-state index contributed by atoms with van der Waals surface area (Å²) < 4.78 is 1.67. The molecule has 0 aliphatic carbocycles. The summed E-state index contributed by atoms with van der Waals surface area (Å²) in [5.74, 6) is 0.764. The first-order valence-electron chi connectivity index (χ1n) is 7.17. The first-order valence-corrected chi connectivity index (χ1v) is 8.16. The summed E-state index contributed by atoms with van der Waals surface area (Å²) in [6.07, 6.45) is 3.16. The van der Waals surface area contributed by atoms with Crippen molar-refractivity contribution in [3.8, 4) is 0 Å². The molecule has 1 atom stereocenters. The molecule has 0 radical (unpaired) electrons. The summed E-state index contributed by atoms with van der Waals surface area (Å²) >= 11 is 1.56. The number of carbonyl (C=O) groups is 1. The first kappa shape index (κ1) is 15.1. The Balaban J connectivity index is 2.05. The zero-order valence-electron chi connectivity index (χ0n) is 12.0. The van der Waals surface area contributed by atoms with Gasteiger partial charge in [0.05, 0.1) is 6.04 Å². The molecule has 1 amide bonds. The maximum atomic E-state index is 12.1. The van der Waals surface area contributed by atoms with Crippen LogP contribution in [0.1, 0.15) is 44.8 Å². The van der Waals surface area contributed by atoms with E-state index in [1.165, 1.54) is 0 Å². The van der Waals surface area contributed by atoms with Gasteiger partial charge in [0.15, 0.2) is 5.16 Å². The van der Waals surface area contributed by atoms with E-state index in [9.17, 15) is 9.59 Å². The molecule has 0 spiro atoms. The van der Waals surface area contributed by atoms with E-state index in [1.807, 2.05) is 6.92 Å². The summed E-state index contributed by atoms with van der Waals surface area (Å²) in [7, 11) is 0. The van der Waals surface area contributed by atoms with Crippen LogP contribution in [0.15, 0.2) is 16.0 Å². The Morgan fingerprint density at radius 1 is 1.55 bits per heavy atom. The second-order valence-electron chi connectivity index (χ2n) is 4.96. The number of carbonyl (C=O) groups excluding carboxylic acids is 1. The monoisotopic (exact) mass is 295 g/mol. The number of amides is 1. The minimum Gasteiger partial charge on any atom is -0.356 e. The minimum atomic E-state index is -0.0671. The lowest BCUT2D eigenvalue weighted by atomic mass is 10.2. The predicted octanol–water partition coefficient (Wildman–Crippen LogP) is 1.76. The number of unbranched alkanes of at least 4 members (excludes halogenated alkanes) is 1. The summed E-state index contributed by atoms with van der Waals surface area (Å²) in [5, 5.41) is 3.65. The maximum absolute atomic E-state index is 12.1. The van der Waals surface area contributed by atoms with Crippen LogP contribution in [0.4, 0.5) is 0 Å². The molecule has 0 fully saturated rings. The quantitative estimate of drug-likeness (QED) is 0.641. The van der Waals surface area contributed by atoms with Gasteiger partial charge in [0.2, 0.25) is 5.91 Å². The molecule has 5 nitrogen and oxygen atoms in total. The molecule has 0 bridgehead atoms. The highest BCUT2D eigenvalue weighted by Gasteiger charge is 2.27. The van der Waals surface area contributed by atoms with Crippen LogP contribution in [-0.2, 0) is 11.2 Å². The molecule has 1 N–H and O–H groups in total. The fraction of sp³-hybridized carbons (Fsp3) is 0.643.